The summed E-state index contributed by atoms with van der Waals surface area (Å²) in [4.78, 5) is 21.4. The van der Waals surface area contributed by atoms with Gasteiger partial charge in [0.1, 0.15) is 0 Å². The van der Waals surface area contributed by atoms with Gasteiger partial charge in [0.2, 0.25) is 5.91 Å². The van der Waals surface area contributed by atoms with Crippen LogP contribution in [0.3, 0.4) is 0 Å². The van der Waals surface area contributed by atoms with Crippen molar-refractivity contribution in [3.05, 3.63) is 42.0 Å². The van der Waals surface area contributed by atoms with Crippen molar-refractivity contribution in [2.24, 2.45) is 0 Å². The number of anilines is 1. The van der Waals surface area contributed by atoms with Gasteiger partial charge in [-0.15, -0.1) is 0 Å². The number of benzene rings is 1. The number of aryl methyl sites for hydroxylation is 1. The molecule has 0 fully saturated rings. The molecule has 1 aromatic carbocycles. The van der Waals surface area contributed by atoms with Crippen molar-refractivity contribution < 1.29 is 14.7 Å². The number of hydrogen-bond donors (Lipinski definition) is 2. The number of carbonyl (C=O) groups is 2. The highest BCUT2D eigenvalue weighted by atomic mass is 16.4. The van der Waals surface area contributed by atoms with Crippen molar-refractivity contribution in [2.45, 2.75) is 13.3 Å². The third-order valence-corrected chi connectivity index (χ3v) is 1.98. The minimum atomic E-state index is -1.14. The second kappa shape index (κ2) is 5.70. The lowest BCUT2D eigenvalue weighted by Crippen LogP contribution is -2.08. The number of carboxylic acids is 1. The SMILES string of the molecule is CCc1cccc(NC(=O)C=CC(=O)O)c1. The van der Waals surface area contributed by atoms with E-state index >= 15 is 0 Å². The van der Waals surface area contributed by atoms with E-state index in [4.69, 9.17) is 5.11 Å². The van der Waals surface area contributed by atoms with Gasteiger partial charge in [0.15, 0.2) is 0 Å². The van der Waals surface area contributed by atoms with Crippen molar-refractivity contribution in [2.75, 3.05) is 5.32 Å². The van der Waals surface area contributed by atoms with Crippen molar-refractivity contribution in [1.82, 2.24) is 0 Å². The van der Waals surface area contributed by atoms with E-state index in [0.717, 1.165) is 24.1 Å². The summed E-state index contributed by atoms with van der Waals surface area (Å²) in [7, 11) is 0. The van der Waals surface area contributed by atoms with Crippen molar-refractivity contribution in [1.29, 1.82) is 0 Å². The molecule has 0 aliphatic carbocycles. The van der Waals surface area contributed by atoms with E-state index in [1.165, 1.54) is 0 Å². The maximum Gasteiger partial charge on any atom is 0.328 e. The van der Waals surface area contributed by atoms with Crippen LogP contribution in [0.25, 0.3) is 0 Å². The standard InChI is InChI=1S/C12H13NO3/c1-2-9-4-3-5-10(8-9)13-11(14)6-7-12(15)16/h3-8H,2H2,1H3,(H,13,14)(H,15,16). The van der Waals surface area contributed by atoms with Crippen LogP contribution in [0.4, 0.5) is 5.69 Å². The third-order valence-electron chi connectivity index (χ3n) is 1.98. The average Bonchev–Trinajstić information content (AvgIpc) is 2.26. The molecule has 0 radical (unpaired) electrons. The second-order valence-electron chi connectivity index (χ2n) is 3.21. The Bertz CT molecular complexity index is 424. The first kappa shape index (κ1) is 12.0. The van der Waals surface area contributed by atoms with Gasteiger partial charge in [0.25, 0.3) is 0 Å². The molecule has 2 N–H and O–H groups in total. The van der Waals surface area contributed by atoms with Gasteiger partial charge in [-0.2, -0.15) is 0 Å². The molecule has 16 heavy (non-hydrogen) atoms. The molecular weight excluding hydrogens is 206 g/mol. The Kier molecular flexibility index (Phi) is 4.27. The normalized spacial score (nSPS) is 10.3. The summed E-state index contributed by atoms with van der Waals surface area (Å²) in [5.74, 6) is -1.59. The number of nitrogens with one attached hydrogen (secondary N) is 1. The summed E-state index contributed by atoms with van der Waals surface area (Å²) in [5, 5.41) is 10.9. The quantitative estimate of drug-likeness (QED) is 0.759. The maximum absolute atomic E-state index is 11.3. The molecule has 0 aliphatic rings. The number of hydrogen-bond acceptors (Lipinski definition) is 2. The zero-order chi connectivity index (χ0) is 12.0. The van der Waals surface area contributed by atoms with Crippen molar-refractivity contribution in [3.63, 3.8) is 0 Å². The molecular formula is C12H13NO3. The first-order valence-electron chi connectivity index (χ1n) is 4.92. The summed E-state index contributed by atoms with van der Waals surface area (Å²) < 4.78 is 0. The van der Waals surface area contributed by atoms with E-state index in [1.54, 1.807) is 6.07 Å². The Morgan fingerprint density at radius 3 is 2.75 bits per heavy atom. The van der Waals surface area contributed by atoms with Gasteiger partial charge >= 0.3 is 5.97 Å². The van der Waals surface area contributed by atoms with Crippen LogP contribution in [0.15, 0.2) is 36.4 Å². The molecule has 0 aliphatic heterocycles. The number of carboxylic acid groups (broad SMARTS) is 1. The van der Waals surface area contributed by atoms with Gasteiger partial charge in [0.05, 0.1) is 0 Å². The minimum Gasteiger partial charge on any atom is -0.478 e. The van der Waals surface area contributed by atoms with E-state index in [2.05, 4.69) is 5.32 Å². The van der Waals surface area contributed by atoms with Crippen LogP contribution in [0.2, 0.25) is 0 Å². The molecule has 0 saturated carbocycles. The van der Waals surface area contributed by atoms with Gasteiger partial charge < -0.3 is 10.4 Å². The van der Waals surface area contributed by atoms with E-state index in [0.29, 0.717) is 5.69 Å². The highest BCUT2D eigenvalue weighted by Gasteiger charge is 1.99. The van der Waals surface area contributed by atoms with Gasteiger partial charge in [-0.3, -0.25) is 4.79 Å². The number of rotatable bonds is 4. The lowest BCUT2D eigenvalue weighted by Gasteiger charge is -2.03. The van der Waals surface area contributed by atoms with Gasteiger partial charge in [-0.25, -0.2) is 4.79 Å². The lowest BCUT2D eigenvalue weighted by atomic mass is 10.1. The van der Waals surface area contributed by atoms with Crippen LogP contribution in [-0.2, 0) is 16.0 Å². The summed E-state index contributed by atoms with van der Waals surface area (Å²) >= 11 is 0. The second-order valence-corrected chi connectivity index (χ2v) is 3.21. The number of aliphatic carboxylic acids is 1. The summed E-state index contributed by atoms with van der Waals surface area (Å²) in [6, 6.07) is 7.41. The van der Waals surface area contributed by atoms with E-state index in [1.807, 2.05) is 25.1 Å². The Morgan fingerprint density at radius 2 is 2.12 bits per heavy atom. The molecule has 4 nitrogen and oxygen atoms in total. The zero-order valence-electron chi connectivity index (χ0n) is 8.93. The van der Waals surface area contributed by atoms with Crippen molar-refractivity contribution in [3.8, 4) is 0 Å². The smallest absolute Gasteiger partial charge is 0.328 e. The molecule has 0 bridgehead atoms. The monoisotopic (exact) mass is 219 g/mol. The predicted octanol–water partition coefficient (Wildman–Crippen LogP) is 1.83. The first-order chi connectivity index (χ1) is 7.61. The molecule has 84 valence electrons. The number of carbonyl (C=O) groups excluding carboxylic acids is 1. The van der Waals surface area contributed by atoms with Crippen LogP contribution in [-0.4, -0.2) is 17.0 Å². The van der Waals surface area contributed by atoms with Gasteiger partial charge in [0, 0.05) is 17.8 Å². The summed E-state index contributed by atoms with van der Waals surface area (Å²) in [6.45, 7) is 2.02. The Hall–Kier alpha value is -2.10. The fourth-order valence-electron chi connectivity index (χ4n) is 1.20. The van der Waals surface area contributed by atoms with Crippen LogP contribution in [0.5, 0.6) is 0 Å². The molecule has 1 aromatic rings. The van der Waals surface area contributed by atoms with Gasteiger partial charge in [-0.05, 0) is 24.1 Å². The molecule has 0 atom stereocenters. The largest absolute Gasteiger partial charge is 0.478 e. The van der Waals surface area contributed by atoms with E-state index in [9.17, 15) is 9.59 Å². The van der Waals surface area contributed by atoms with E-state index in [-0.39, 0.29) is 0 Å². The summed E-state index contributed by atoms with van der Waals surface area (Å²) in [5.41, 5.74) is 1.78. The zero-order valence-corrected chi connectivity index (χ0v) is 8.93. The van der Waals surface area contributed by atoms with Crippen LogP contribution >= 0.6 is 0 Å². The highest BCUT2D eigenvalue weighted by molar-refractivity contribution is 6.02. The molecule has 4 heteroatoms. The predicted molar refractivity (Wildman–Crippen MR) is 61.2 cm³/mol. The Balaban J connectivity index is 2.65. The number of amides is 1. The van der Waals surface area contributed by atoms with Crippen LogP contribution in [0, 0.1) is 0 Å². The molecule has 0 heterocycles. The van der Waals surface area contributed by atoms with E-state index < -0.39 is 11.9 Å². The third kappa shape index (κ3) is 3.96. The lowest BCUT2D eigenvalue weighted by molar-refractivity contribution is -0.131. The molecule has 1 amide bonds. The topological polar surface area (TPSA) is 66.4 Å². The molecule has 0 aromatic heterocycles. The minimum absolute atomic E-state index is 0.448. The molecule has 0 saturated heterocycles. The Labute approximate surface area is 93.6 Å². The van der Waals surface area contributed by atoms with Gasteiger partial charge in [-0.1, -0.05) is 19.1 Å². The maximum atomic E-state index is 11.3. The molecule has 0 unspecified atom stereocenters. The fourth-order valence-corrected chi connectivity index (χ4v) is 1.20. The fraction of sp³-hybridized carbons (Fsp3) is 0.167. The average molecular weight is 219 g/mol. The highest BCUT2D eigenvalue weighted by Crippen LogP contribution is 2.10. The van der Waals surface area contributed by atoms with Crippen LogP contribution in [0.1, 0.15) is 12.5 Å². The first-order valence-corrected chi connectivity index (χ1v) is 4.92. The molecule has 1 rings (SSSR count). The van der Waals surface area contributed by atoms with Crippen LogP contribution < -0.4 is 5.32 Å². The van der Waals surface area contributed by atoms with Crippen molar-refractivity contribution >= 4 is 17.6 Å². The summed E-state index contributed by atoms with van der Waals surface area (Å²) in [6.07, 6.45) is 2.68. The molecule has 0 spiro atoms. The Morgan fingerprint density at radius 1 is 1.38 bits per heavy atom.